The minimum atomic E-state index is -0.0808. The number of carbonyl (C=O) groups is 1. The lowest BCUT2D eigenvalue weighted by Crippen LogP contribution is -2.44. The molecule has 0 radical (unpaired) electrons. The molecule has 0 saturated carbocycles. The van der Waals surface area contributed by atoms with Crippen LogP contribution >= 0.6 is 15.9 Å². The molecule has 1 aromatic carbocycles. The van der Waals surface area contributed by atoms with Crippen molar-refractivity contribution in [1.29, 1.82) is 0 Å². The molecule has 0 N–H and O–H groups in total. The second-order valence-corrected chi connectivity index (χ2v) is 8.56. The van der Waals surface area contributed by atoms with E-state index in [1.54, 1.807) is 12.4 Å². The predicted molar refractivity (Wildman–Crippen MR) is 104 cm³/mol. The number of rotatable bonds is 3. The van der Waals surface area contributed by atoms with E-state index in [2.05, 4.69) is 46.7 Å². The van der Waals surface area contributed by atoms with Gasteiger partial charge in [0.1, 0.15) is 6.10 Å². The van der Waals surface area contributed by atoms with E-state index in [1.165, 1.54) is 5.56 Å². The molecule has 1 unspecified atom stereocenters. The van der Waals surface area contributed by atoms with Gasteiger partial charge in [-0.25, -0.2) is 9.97 Å². The van der Waals surface area contributed by atoms with E-state index in [4.69, 9.17) is 4.74 Å². The first-order valence-electron chi connectivity index (χ1n) is 8.87. The van der Waals surface area contributed by atoms with Crippen molar-refractivity contribution in [2.24, 2.45) is 0 Å². The summed E-state index contributed by atoms with van der Waals surface area (Å²) in [5.74, 6) is 0.0514. The SMILES string of the molecule is CC(C)(C)c1ccc(C(=O)N2CCCC(Oc3ncc(Br)cn3)C2)cc1. The Hall–Kier alpha value is -1.95. The first-order valence-corrected chi connectivity index (χ1v) is 9.66. The first-order chi connectivity index (χ1) is 12.3. The summed E-state index contributed by atoms with van der Waals surface area (Å²) in [6, 6.07) is 8.28. The summed E-state index contributed by atoms with van der Waals surface area (Å²) in [7, 11) is 0. The van der Waals surface area contributed by atoms with Crippen LogP contribution in [0.5, 0.6) is 6.01 Å². The highest BCUT2D eigenvalue weighted by molar-refractivity contribution is 9.10. The number of ether oxygens (including phenoxy) is 1. The average molecular weight is 418 g/mol. The van der Waals surface area contributed by atoms with Crippen molar-refractivity contribution in [3.63, 3.8) is 0 Å². The number of hydrogen-bond acceptors (Lipinski definition) is 4. The van der Waals surface area contributed by atoms with Crippen LogP contribution in [0.25, 0.3) is 0 Å². The van der Waals surface area contributed by atoms with Gasteiger partial charge in [-0.05, 0) is 51.9 Å². The second-order valence-electron chi connectivity index (χ2n) is 7.64. The van der Waals surface area contributed by atoms with Crippen molar-refractivity contribution in [1.82, 2.24) is 14.9 Å². The van der Waals surface area contributed by atoms with Crippen molar-refractivity contribution >= 4 is 21.8 Å². The maximum atomic E-state index is 12.8. The molecule has 6 heteroatoms. The third kappa shape index (κ3) is 4.61. The molecule has 3 rings (SSSR count). The third-order valence-corrected chi connectivity index (χ3v) is 4.94. The van der Waals surface area contributed by atoms with Gasteiger partial charge in [0, 0.05) is 24.5 Å². The zero-order valence-electron chi connectivity index (χ0n) is 15.4. The van der Waals surface area contributed by atoms with Crippen LogP contribution in [0.15, 0.2) is 41.1 Å². The molecule has 1 saturated heterocycles. The smallest absolute Gasteiger partial charge is 0.316 e. The van der Waals surface area contributed by atoms with E-state index >= 15 is 0 Å². The highest BCUT2D eigenvalue weighted by Gasteiger charge is 2.26. The van der Waals surface area contributed by atoms with Gasteiger partial charge in [0.2, 0.25) is 0 Å². The number of hydrogen-bond donors (Lipinski definition) is 0. The van der Waals surface area contributed by atoms with Gasteiger partial charge in [0.05, 0.1) is 11.0 Å². The molecule has 26 heavy (non-hydrogen) atoms. The van der Waals surface area contributed by atoms with Gasteiger partial charge in [0.25, 0.3) is 5.91 Å². The van der Waals surface area contributed by atoms with Gasteiger partial charge < -0.3 is 9.64 Å². The van der Waals surface area contributed by atoms with Crippen LogP contribution in [0.4, 0.5) is 0 Å². The zero-order chi connectivity index (χ0) is 18.7. The molecule has 5 nitrogen and oxygen atoms in total. The van der Waals surface area contributed by atoms with Crippen molar-refractivity contribution in [3.05, 3.63) is 52.3 Å². The molecular weight excluding hydrogens is 394 g/mol. The van der Waals surface area contributed by atoms with E-state index < -0.39 is 0 Å². The van der Waals surface area contributed by atoms with Gasteiger partial charge in [-0.15, -0.1) is 0 Å². The van der Waals surface area contributed by atoms with E-state index in [0.29, 0.717) is 12.6 Å². The van der Waals surface area contributed by atoms with Gasteiger partial charge in [0.15, 0.2) is 0 Å². The van der Waals surface area contributed by atoms with Gasteiger partial charge in [-0.1, -0.05) is 32.9 Å². The normalized spacial score (nSPS) is 17.8. The van der Waals surface area contributed by atoms with Crippen LogP contribution in [0, 0.1) is 0 Å². The summed E-state index contributed by atoms with van der Waals surface area (Å²) in [4.78, 5) is 23.0. The molecule has 1 fully saturated rings. The number of halogens is 1. The molecule has 2 aromatic rings. The van der Waals surface area contributed by atoms with Crippen LogP contribution in [0.2, 0.25) is 0 Å². The fraction of sp³-hybridized carbons (Fsp3) is 0.450. The Morgan fingerprint density at radius 2 is 1.85 bits per heavy atom. The quantitative estimate of drug-likeness (QED) is 0.749. The summed E-state index contributed by atoms with van der Waals surface area (Å²) in [6.07, 6.45) is 5.04. The topological polar surface area (TPSA) is 55.3 Å². The van der Waals surface area contributed by atoms with Crippen LogP contribution in [0.3, 0.4) is 0 Å². The largest absolute Gasteiger partial charge is 0.458 e. The van der Waals surface area contributed by atoms with E-state index in [0.717, 1.165) is 29.4 Å². The number of nitrogens with zero attached hydrogens (tertiary/aromatic N) is 3. The standard InChI is InChI=1S/C20H24BrN3O2/c1-20(2,3)15-8-6-14(7-9-15)18(25)24-10-4-5-17(13-24)26-19-22-11-16(21)12-23-19/h6-9,11-12,17H,4-5,10,13H2,1-3H3. The van der Waals surface area contributed by atoms with Crippen molar-refractivity contribution in [2.45, 2.75) is 45.1 Å². The van der Waals surface area contributed by atoms with Crippen molar-refractivity contribution < 1.29 is 9.53 Å². The predicted octanol–water partition coefficient (Wildman–Crippen LogP) is 4.22. The fourth-order valence-electron chi connectivity index (χ4n) is 3.02. The lowest BCUT2D eigenvalue weighted by Gasteiger charge is -2.32. The zero-order valence-corrected chi connectivity index (χ0v) is 17.0. The summed E-state index contributed by atoms with van der Waals surface area (Å²) in [5, 5.41) is 0. The van der Waals surface area contributed by atoms with Crippen LogP contribution in [0.1, 0.15) is 49.5 Å². The Morgan fingerprint density at radius 1 is 1.19 bits per heavy atom. The summed E-state index contributed by atoms with van der Waals surface area (Å²) in [5.41, 5.74) is 2.02. The fourth-order valence-corrected chi connectivity index (χ4v) is 3.23. The molecular formula is C20H24BrN3O2. The number of likely N-dealkylation sites (tertiary alicyclic amines) is 1. The molecule has 138 valence electrons. The molecule has 1 aliphatic heterocycles. The average Bonchev–Trinajstić information content (AvgIpc) is 2.63. The lowest BCUT2D eigenvalue weighted by atomic mass is 9.86. The minimum Gasteiger partial charge on any atom is -0.458 e. The maximum absolute atomic E-state index is 12.8. The number of piperidine rings is 1. The Bertz CT molecular complexity index is 754. The number of aromatic nitrogens is 2. The Morgan fingerprint density at radius 3 is 2.46 bits per heavy atom. The molecule has 0 bridgehead atoms. The van der Waals surface area contributed by atoms with Crippen LogP contribution in [-0.4, -0.2) is 40.0 Å². The monoisotopic (exact) mass is 417 g/mol. The number of benzene rings is 1. The molecule has 1 aliphatic rings. The molecule has 0 spiro atoms. The molecule has 0 aliphatic carbocycles. The van der Waals surface area contributed by atoms with E-state index in [9.17, 15) is 4.79 Å². The minimum absolute atomic E-state index is 0.0514. The maximum Gasteiger partial charge on any atom is 0.316 e. The number of amides is 1. The number of carbonyl (C=O) groups excluding carboxylic acids is 1. The highest BCUT2D eigenvalue weighted by atomic mass is 79.9. The van der Waals surface area contributed by atoms with Gasteiger partial charge in [-0.2, -0.15) is 0 Å². The third-order valence-electron chi connectivity index (χ3n) is 4.53. The van der Waals surface area contributed by atoms with Gasteiger partial charge in [-0.3, -0.25) is 4.79 Å². The van der Waals surface area contributed by atoms with E-state index in [1.807, 2.05) is 29.2 Å². The Labute approximate surface area is 162 Å². The summed E-state index contributed by atoms with van der Waals surface area (Å²) >= 11 is 3.31. The lowest BCUT2D eigenvalue weighted by molar-refractivity contribution is 0.0515. The second kappa shape index (κ2) is 7.74. The van der Waals surface area contributed by atoms with Crippen LogP contribution < -0.4 is 4.74 Å². The molecule has 1 atom stereocenters. The summed E-state index contributed by atoms with van der Waals surface area (Å²) < 4.78 is 6.66. The molecule has 2 heterocycles. The highest BCUT2D eigenvalue weighted by Crippen LogP contribution is 2.23. The van der Waals surface area contributed by atoms with Crippen molar-refractivity contribution in [3.8, 4) is 6.01 Å². The van der Waals surface area contributed by atoms with Gasteiger partial charge >= 0.3 is 6.01 Å². The van der Waals surface area contributed by atoms with Crippen molar-refractivity contribution in [2.75, 3.05) is 13.1 Å². The van der Waals surface area contributed by atoms with Crippen LogP contribution in [-0.2, 0) is 5.41 Å². The summed E-state index contributed by atoms with van der Waals surface area (Å²) in [6.45, 7) is 7.81. The Kier molecular flexibility index (Phi) is 5.61. The molecule has 1 aromatic heterocycles. The Balaban J connectivity index is 1.65. The van der Waals surface area contributed by atoms with E-state index in [-0.39, 0.29) is 17.4 Å². The first kappa shape index (κ1) is 18.8. The molecule has 1 amide bonds.